The van der Waals surface area contributed by atoms with Crippen molar-refractivity contribution in [2.45, 2.75) is 6.42 Å². The highest BCUT2D eigenvalue weighted by molar-refractivity contribution is 7.99. The van der Waals surface area contributed by atoms with Crippen molar-refractivity contribution < 1.29 is 4.39 Å². The summed E-state index contributed by atoms with van der Waals surface area (Å²) in [4.78, 5) is 2.21. The largest absolute Gasteiger partial charge is 0.300 e. The number of nitrogens with zero attached hydrogens (tertiary/aromatic N) is 1. The van der Waals surface area contributed by atoms with Crippen LogP contribution in [0.4, 0.5) is 4.39 Å². The SMILES string of the molecule is FCCN1CCCSCC1. The van der Waals surface area contributed by atoms with Crippen LogP contribution in [-0.2, 0) is 0 Å². The highest BCUT2D eigenvalue weighted by atomic mass is 32.2. The van der Waals surface area contributed by atoms with Gasteiger partial charge in [0.1, 0.15) is 6.67 Å². The molecule has 1 heterocycles. The van der Waals surface area contributed by atoms with E-state index < -0.39 is 0 Å². The van der Waals surface area contributed by atoms with Crippen molar-refractivity contribution in [3.63, 3.8) is 0 Å². The summed E-state index contributed by atoms with van der Waals surface area (Å²) >= 11 is 1.98. The number of thioether (sulfide) groups is 1. The minimum Gasteiger partial charge on any atom is -0.300 e. The maximum atomic E-state index is 11.9. The van der Waals surface area contributed by atoms with Crippen molar-refractivity contribution >= 4 is 11.8 Å². The Morgan fingerprint density at radius 1 is 1.30 bits per heavy atom. The molecule has 1 fully saturated rings. The van der Waals surface area contributed by atoms with Gasteiger partial charge in [0.25, 0.3) is 0 Å². The van der Waals surface area contributed by atoms with E-state index in [0.717, 1.165) is 13.1 Å². The maximum absolute atomic E-state index is 11.9. The van der Waals surface area contributed by atoms with Gasteiger partial charge in [0.15, 0.2) is 0 Å². The van der Waals surface area contributed by atoms with E-state index in [1.807, 2.05) is 11.8 Å². The molecule has 0 aromatic heterocycles. The van der Waals surface area contributed by atoms with Crippen LogP contribution >= 0.6 is 11.8 Å². The second-order valence-corrected chi connectivity index (χ2v) is 3.72. The molecule has 3 heteroatoms. The molecule has 0 saturated carbocycles. The molecule has 1 nitrogen and oxygen atoms in total. The summed E-state index contributed by atoms with van der Waals surface area (Å²) < 4.78 is 11.9. The Morgan fingerprint density at radius 3 is 3.00 bits per heavy atom. The van der Waals surface area contributed by atoms with Gasteiger partial charge in [-0.05, 0) is 18.7 Å². The maximum Gasteiger partial charge on any atom is 0.102 e. The number of rotatable bonds is 2. The zero-order valence-electron chi connectivity index (χ0n) is 6.18. The van der Waals surface area contributed by atoms with Crippen molar-refractivity contribution in [2.24, 2.45) is 0 Å². The Bertz CT molecular complexity index is 81.7. The van der Waals surface area contributed by atoms with Crippen LogP contribution in [0.1, 0.15) is 6.42 Å². The van der Waals surface area contributed by atoms with E-state index >= 15 is 0 Å². The lowest BCUT2D eigenvalue weighted by Gasteiger charge is -2.16. The minimum absolute atomic E-state index is 0.190. The van der Waals surface area contributed by atoms with Crippen LogP contribution in [0.25, 0.3) is 0 Å². The first-order chi connectivity index (χ1) is 4.93. The topological polar surface area (TPSA) is 3.24 Å². The first-order valence-electron chi connectivity index (χ1n) is 3.79. The Hall–Kier alpha value is 0.240. The highest BCUT2D eigenvalue weighted by Gasteiger charge is 2.07. The fraction of sp³-hybridized carbons (Fsp3) is 1.00. The van der Waals surface area contributed by atoms with Crippen molar-refractivity contribution in [1.82, 2.24) is 4.90 Å². The molecule has 0 N–H and O–H groups in total. The molecular weight excluding hydrogens is 149 g/mol. The average molecular weight is 163 g/mol. The number of alkyl halides is 1. The van der Waals surface area contributed by atoms with Gasteiger partial charge >= 0.3 is 0 Å². The van der Waals surface area contributed by atoms with Gasteiger partial charge in [0, 0.05) is 18.8 Å². The summed E-state index contributed by atoms with van der Waals surface area (Å²) in [6, 6.07) is 0. The van der Waals surface area contributed by atoms with Crippen LogP contribution in [0.2, 0.25) is 0 Å². The predicted octanol–water partition coefficient (Wildman–Crippen LogP) is 1.39. The molecular formula is C7H14FNS. The predicted molar refractivity (Wildman–Crippen MR) is 44.4 cm³/mol. The van der Waals surface area contributed by atoms with Gasteiger partial charge in [-0.15, -0.1) is 0 Å². The Balaban J connectivity index is 2.15. The fourth-order valence-corrected chi connectivity index (χ4v) is 2.07. The van der Waals surface area contributed by atoms with Gasteiger partial charge in [0.05, 0.1) is 0 Å². The molecule has 0 unspecified atom stereocenters. The second kappa shape index (κ2) is 4.97. The zero-order chi connectivity index (χ0) is 7.23. The molecule has 1 aliphatic heterocycles. The molecule has 1 rings (SSSR count). The molecule has 60 valence electrons. The van der Waals surface area contributed by atoms with Crippen LogP contribution in [0.15, 0.2) is 0 Å². The van der Waals surface area contributed by atoms with E-state index in [0.29, 0.717) is 6.54 Å². The zero-order valence-corrected chi connectivity index (χ0v) is 7.00. The van der Waals surface area contributed by atoms with E-state index in [2.05, 4.69) is 4.90 Å². The average Bonchev–Trinajstić information content (AvgIpc) is 2.17. The van der Waals surface area contributed by atoms with Crippen LogP contribution in [-0.4, -0.2) is 42.7 Å². The third kappa shape index (κ3) is 2.88. The summed E-state index contributed by atoms with van der Waals surface area (Å²) in [6.45, 7) is 2.62. The molecule has 0 atom stereocenters. The molecule has 0 aromatic rings. The lowest BCUT2D eigenvalue weighted by Crippen LogP contribution is -2.27. The molecule has 0 aromatic carbocycles. The summed E-state index contributed by atoms with van der Waals surface area (Å²) in [5.41, 5.74) is 0. The molecule has 1 saturated heterocycles. The Morgan fingerprint density at radius 2 is 2.20 bits per heavy atom. The van der Waals surface area contributed by atoms with Gasteiger partial charge in [0.2, 0.25) is 0 Å². The second-order valence-electron chi connectivity index (χ2n) is 2.50. The monoisotopic (exact) mass is 163 g/mol. The minimum atomic E-state index is -0.190. The molecule has 0 aliphatic carbocycles. The summed E-state index contributed by atoms with van der Waals surface area (Å²) in [7, 11) is 0. The number of hydrogen-bond acceptors (Lipinski definition) is 2. The van der Waals surface area contributed by atoms with Gasteiger partial charge < -0.3 is 0 Å². The Labute approximate surface area is 66.0 Å². The normalized spacial score (nSPS) is 22.5. The van der Waals surface area contributed by atoms with Crippen molar-refractivity contribution in [3.8, 4) is 0 Å². The standard InChI is InChI=1S/C7H14FNS/c8-2-4-9-3-1-6-10-7-5-9/h1-7H2. The number of hydrogen-bond donors (Lipinski definition) is 0. The third-order valence-corrected chi connectivity index (χ3v) is 2.76. The van der Waals surface area contributed by atoms with Crippen LogP contribution < -0.4 is 0 Å². The van der Waals surface area contributed by atoms with Crippen molar-refractivity contribution in [2.75, 3.05) is 37.8 Å². The fourth-order valence-electron chi connectivity index (χ4n) is 1.14. The first kappa shape index (κ1) is 8.34. The van der Waals surface area contributed by atoms with E-state index in [9.17, 15) is 4.39 Å². The van der Waals surface area contributed by atoms with Gasteiger partial charge in [-0.25, -0.2) is 4.39 Å². The van der Waals surface area contributed by atoms with Gasteiger partial charge in [-0.1, -0.05) is 0 Å². The van der Waals surface area contributed by atoms with Gasteiger partial charge in [-0.2, -0.15) is 11.8 Å². The van der Waals surface area contributed by atoms with Crippen LogP contribution in [0.5, 0.6) is 0 Å². The molecule has 1 aliphatic rings. The quantitative estimate of drug-likeness (QED) is 0.605. The van der Waals surface area contributed by atoms with Gasteiger partial charge in [-0.3, -0.25) is 4.90 Å². The van der Waals surface area contributed by atoms with E-state index in [-0.39, 0.29) is 6.67 Å². The summed E-state index contributed by atoms with van der Waals surface area (Å²) in [5, 5.41) is 0. The van der Waals surface area contributed by atoms with Crippen molar-refractivity contribution in [1.29, 1.82) is 0 Å². The lowest BCUT2D eigenvalue weighted by atomic mass is 10.4. The van der Waals surface area contributed by atoms with Crippen LogP contribution in [0, 0.1) is 0 Å². The van der Waals surface area contributed by atoms with Crippen LogP contribution in [0.3, 0.4) is 0 Å². The third-order valence-electron chi connectivity index (χ3n) is 1.72. The summed E-state index contributed by atoms with van der Waals surface area (Å²) in [6.07, 6.45) is 1.23. The molecule has 0 amide bonds. The molecule has 0 spiro atoms. The van der Waals surface area contributed by atoms with E-state index in [1.54, 1.807) is 0 Å². The number of halogens is 1. The molecule has 0 radical (unpaired) electrons. The smallest absolute Gasteiger partial charge is 0.102 e. The van der Waals surface area contributed by atoms with E-state index in [4.69, 9.17) is 0 Å². The Kier molecular flexibility index (Phi) is 4.14. The van der Waals surface area contributed by atoms with E-state index in [1.165, 1.54) is 17.9 Å². The lowest BCUT2D eigenvalue weighted by molar-refractivity contribution is 0.265. The summed E-state index contributed by atoms with van der Waals surface area (Å²) in [5.74, 6) is 2.43. The van der Waals surface area contributed by atoms with Crippen molar-refractivity contribution in [3.05, 3.63) is 0 Å². The highest BCUT2D eigenvalue weighted by Crippen LogP contribution is 2.09. The molecule has 10 heavy (non-hydrogen) atoms. The first-order valence-corrected chi connectivity index (χ1v) is 4.95. The molecule has 0 bridgehead atoms.